The Morgan fingerprint density at radius 1 is 0.455 bits per heavy atom. The van der Waals surface area contributed by atoms with E-state index in [4.69, 9.17) is 0 Å². The highest BCUT2D eigenvalue weighted by Gasteiger charge is 2.70. The second-order valence-corrected chi connectivity index (χ2v) is 16.4. The molecule has 2 aromatic rings. The maximum Gasteiger partial charge on any atom is -0.00299 e. The smallest absolute Gasteiger partial charge is 0.00299 e. The van der Waals surface area contributed by atoms with Gasteiger partial charge in [-0.15, -0.1) is 0 Å². The zero-order valence-electron chi connectivity index (χ0n) is 26.8. The highest BCUT2D eigenvalue weighted by molar-refractivity contribution is 5.73. The van der Waals surface area contributed by atoms with E-state index < -0.39 is 0 Å². The van der Waals surface area contributed by atoms with Gasteiger partial charge in [0.15, 0.2) is 0 Å². The molecule has 4 atom stereocenters. The Morgan fingerprint density at radius 3 is 1.11 bits per heavy atom. The lowest BCUT2D eigenvalue weighted by molar-refractivity contribution is -0.212. The van der Waals surface area contributed by atoms with E-state index in [1.165, 1.54) is 110 Å². The molecule has 0 aliphatic heterocycles. The van der Waals surface area contributed by atoms with Crippen molar-refractivity contribution in [3.8, 4) is 0 Å². The third kappa shape index (κ3) is 3.76. The molecule has 2 aromatic carbocycles. The average Bonchev–Trinajstić information content (AvgIpc) is 3.02. The zero-order chi connectivity index (χ0) is 30.5. The maximum atomic E-state index is 4.35. The summed E-state index contributed by atoms with van der Waals surface area (Å²) < 4.78 is 0. The molecule has 0 radical (unpaired) electrons. The van der Waals surface area contributed by atoms with Gasteiger partial charge in [-0.1, -0.05) is 88.1 Å². The fraction of sp³-hybridized carbons (Fsp3) is 0.455. The highest BCUT2D eigenvalue weighted by atomic mass is 14.7. The van der Waals surface area contributed by atoms with Crippen molar-refractivity contribution in [3.05, 3.63) is 108 Å². The van der Waals surface area contributed by atoms with Gasteiger partial charge in [0.05, 0.1) is 0 Å². The molecule has 0 heteroatoms. The lowest BCUT2D eigenvalue weighted by Crippen LogP contribution is -2.66. The van der Waals surface area contributed by atoms with Crippen molar-refractivity contribution in [3.63, 3.8) is 0 Å². The van der Waals surface area contributed by atoms with Gasteiger partial charge in [-0.25, -0.2) is 0 Å². The van der Waals surface area contributed by atoms with Crippen LogP contribution in [0.1, 0.15) is 122 Å². The van der Waals surface area contributed by atoms with Crippen molar-refractivity contribution in [1.29, 1.82) is 0 Å². The second kappa shape index (κ2) is 9.69. The van der Waals surface area contributed by atoms with Gasteiger partial charge in [-0.3, -0.25) is 0 Å². The van der Waals surface area contributed by atoms with Crippen LogP contribution in [0.3, 0.4) is 0 Å². The predicted molar refractivity (Wildman–Crippen MR) is 191 cm³/mol. The molecule has 4 unspecified atom stereocenters. The van der Waals surface area contributed by atoms with E-state index in [1.807, 2.05) is 24.3 Å². The van der Waals surface area contributed by atoms with Gasteiger partial charge in [0.1, 0.15) is 0 Å². The van der Waals surface area contributed by atoms with Crippen molar-refractivity contribution in [2.24, 2.45) is 34.5 Å². The normalized spacial score (nSPS) is 39.2. The molecule has 0 N–H and O–H groups in total. The molecule has 0 saturated heterocycles. The van der Waals surface area contributed by atoms with Gasteiger partial charge in [0.2, 0.25) is 0 Å². The quantitative estimate of drug-likeness (QED) is 0.278. The van der Waals surface area contributed by atoms with Crippen LogP contribution < -0.4 is 0 Å². The molecule has 8 aliphatic carbocycles. The van der Waals surface area contributed by atoms with Crippen LogP contribution in [-0.4, -0.2) is 0 Å². The Labute approximate surface area is 266 Å². The van der Waals surface area contributed by atoms with E-state index >= 15 is 0 Å². The average molecular weight is 579 g/mol. The van der Waals surface area contributed by atoms with Crippen LogP contribution in [0.2, 0.25) is 0 Å². The summed E-state index contributed by atoms with van der Waals surface area (Å²) in [5.74, 6) is 3.38. The maximum absolute atomic E-state index is 4.35. The summed E-state index contributed by atoms with van der Waals surface area (Å²) in [6.07, 6.45) is 29.2. The molecule has 8 fully saturated rings. The number of hydrogen-bond acceptors (Lipinski definition) is 0. The summed E-state index contributed by atoms with van der Waals surface area (Å²) in [4.78, 5) is 0. The first-order valence-corrected chi connectivity index (χ1v) is 17.4. The summed E-state index contributed by atoms with van der Waals surface area (Å²) >= 11 is 0. The molecule has 0 nitrogen and oxygen atoms in total. The van der Waals surface area contributed by atoms with Gasteiger partial charge < -0.3 is 0 Å². The molecule has 8 bridgehead atoms. The third-order valence-electron chi connectivity index (χ3n) is 14.2. The first-order valence-electron chi connectivity index (χ1n) is 17.4. The SMILES string of the molecule is C=Cc1cc(C=C)c(C=C)c(C23CC4CC(C2)CC(C25CC6CC(CC(c7cc(C=C)cc(C=C)c7C=C)(C6)C2)C5)(C4)C3)c1. The summed E-state index contributed by atoms with van der Waals surface area (Å²) in [5, 5.41) is 0. The van der Waals surface area contributed by atoms with Gasteiger partial charge >= 0.3 is 0 Å². The third-order valence-corrected chi connectivity index (χ3v) is 14.2. The van der Waals surface area contributed by atoms with Crippen LogP contribution in [0.5, 0.6) is 0 Å². The minimum Gasteiger partial charge on any atom is -0.0985 e. The molecule has 0 amide bonds. The molecule has 8 saturated carbocycles. The van der Waals surface area contributed by atoms with Crippen molar-refractivity contribution >= 4 is 36.5 Å². The molecular weight excluding hydrogens is 528 g/mol. The largest absolute Gasteiger partial charge is 0.0985 e. The van der Waals surface area contributed by atoms with Crippen LogP contribution in [-0.2, 0) is 10.8 Å². The second-order valence-electron chi connectivity index (χ2n) is 16.4. The number of rotatable bonds is 9. The molecule has 8 aliphatic rings. The van der Waals surface area contributed by atoms with Crippen molar-refractivity contribution < 1.29 is 0 Å². The Balaban J connectivity index is 1.28. The Morgan fingerprint density at radius 2 is 0.818 bits per heavy atom. The number of hydrogen-bond donors (Lipinski definition) is 0. The van der Waals surface area contributed by atoms with Gasteiger partial charge in [0, 0.05) is 0 Å². The summed E-state index contributed by atoms with van der Waals surface area (Å²) in [5.41, 5.74) is 12.0. The fourth-order valence-electron chi connectivity index (χ4n) is 13.7. The van der Waals surface area contributed by atoms with Crippen LogP contribution in [0.15, 0.2) is 63.7 Å². The molecule has 0 spiro atoms. The predicted octanol–water partition coefficient (Wildman–Crippen LogP) is 11.9. The standard InChI is InChI=1S/C44H50/c1-7-29-15-35(9-3)37(11-5)39(17-29)41-19-31-13-32(20-41)24-43(23-31,27-41)44-25-33-14-34(26-44)22-42(21-33,28-44)40-18-30(8-2)16-36(10-4)38(40)12-6/h7-12,15-18,31-34H,1-6,13-14,19-28H2. The topological polar surface area (TPSA) is 0 Å². The first-order chi connectivity index (χ1) is 21.3. The van der Waals surface area contributed by atoms with Crippen LogP contribution in [0, 0.1) is 34.5 Å². The van der Waals surface area contributed by atoms with E-state index in [0.29, 0.717) is 10.8 Å². The van der Waals surface area contributed by atoms with E-state index in [0.717, 1.165) is 23.7 Å². The summed E-state index contributed by atoms with van der Waals surface area (Å²) in [7, 11) is 0. The lowest BCUT2D eigenvalue weighted by Gasteiger charge is -2.74. The molecule has 10 rings (SSSR count). The minimum atomic E-state index is 0.242. The van der Waals surface area contributed by atoms with E-state index in [1.54, 1.807) is 11.1 Å². The molecule has 44 heavy (non-hydrogen) atoms. The van der Waals surface area contributed by atoms with Gasteiger partial charge in [0.25, 0.3) is 0 Å². The van der Waals surface area contributed by atoms with Gasteiger partial charge in [-0.2, -0.15) is 0 Å². The Kier molecular flexibility index (Phi) is 6.25. The lowest BCUT2D eigenvalue weighted by atomic mass is 9.30. The summed E-state index contributed by atoms with van der Waals surface area (Å²) in [6.45, 7) is 25.5. The molecule has 226 valence electrons. The highest BCUT2D eigenvalue weighted by Crippen LogP contribution is 2.79. The van der Waals surface area contributed by atoms with Crippen LogP contribution in [0.25, 0.3) is 36.5 Å². The monoisotopic (exact) mass is 578 g/mol. The summed E-state index contributed by atoms with van der Waals surface area (Å²) in [6, 6.07) is 9.50. The molecule has 0 aromatic heterocycles. The fourth-order valence-corrected chi connectivity index (χ4v) is 13.7. The zero-order valence-corrected chi connectivity index (χ0v) is 26.8. The van der Waals surface area contributed by atoms with Gasteiger partial charge in [-0.05, 0) is 179 Å². The Hall–Kier alpha value is -3.12. The van der Waals surface area contributed by atoms with Crippen LogP contribution in [0.4, 0.5) is 0 Å². The number of benzene rings is 2. The van der Waals surface area contributed by atoms with E-state index in [9.17, 15) is 0 Å². The molecule has 0 heterocycles. The van der Waals surface area contributed by atoms with Crippen molar-refractivity contribution in [2.75, 3.05) is 0 Å². The van der Waals surface area contributed by atoms with Crippen LogP contribution >= 0.6 is 0 Å². The molecular formula is C44H50. The Bertz CT molecular complexity index is 1470. The van der Waals surface area contributed by atoms with E-state index in [-0.39, 0.29) is 10.8 Å². The first kappa shape index (κ1) is 28.4. The minimum absolute atomic E-state index is 0.242. The van der Waals surface area contributed by atoms with E-state index in [2.05, 4.69) is 75.9 Å². The van der Waals surface area contributed by atoms with Crippen molar-refractivity contribution in [1.82, 2.24) is 0 Å². The van der Waals surface area contributed by atoms with Crippen molar-refractivity contribution in [2.45, 2.75) is 87.9 Å².